The SMILES string of the molecule is CNc1cc(COc2ccc(Cl)cc2Br)ccc1[N+](=O)[O-]. The lowest BCUT2D eigenvalue weighted by atomic mass is 10.2. The second-order valence-electron chi connectivity index (χ2n) is 4.22. The first kappa shape index (κ1) is 15.6. The molecule has 2 rings (SSSR count). The number of hydrogen-bond donors (Lipinski definition) is 1. The third-order valence-corrected chi connectivity index (χ3v) is 3.67. The molecule has 21 heavy (non-hydrogen) atoms. The molecule has 5 nitrogen and oxygen atoms in total. The third kappa shape index (κ3) is 3.86. The van der Waals surface area contributed by atoms with Crippen LogP contribution in [-0.4, -0.2) is 12.0 Å². The summed E-state index contributed by atoms with van der Waals surface area (Å²) in [5.74, 6) is 0.656. The minimum Gasteiger partial charge on any atom is -0.488 e. The monoisotopic (exact) mass is 370 g/mol. The number of benzene rings is 2. The third-order valence-electron chi connectivity index (χ3n) is 2.82. The van der Waals surface area contributed by atoms with Crippen LogP contribution in [0.4, 0.5) is 11.4 Å². The number of nitrogens with zero attached hydrogens (tertiary/aromatic N) is 1. The lowest BCUT2D eigenvalue weighted by Gasteiger charge is -2.10. The first-order valence-corrected chi connectivity index (χ1v) is 7.21. The molecule has 0 aliphatic heterocycles. The van der Waals surface area contributed by atoms with Crippen molar-refractivity contribution >= 4 is 38.9 Å². The second-order valence-corrected chi connectivity index (χ2v) is 5.51. The van der Waals surface area contributed by atoms with Gasteiger partial charge in [-0.2, -0.15) is 0 Å². The van der Waals surface area contributed by atoms with Crippen LogP contribution in [0.2, 0.25) is 5.02 Å². The zero-order valence-electron chi connectivity index (χ0n) is 11.1. The Balaban J connectivity index is 2.15. The number of nitro groups is 1. The molecule has 2 aromatic rings. The van der Waals surface area contributed by atoms with E-state index in [0.29, 0.717) is 23.1 Å². The molecule has 0 atom stereocenters. The average Bonchev–Trinajstić information content (AvgIpc) is 2.45. The highest BCUT2D eigenvalue weighted by Crippen LogP contribution is 2.30. The second kappa shape index (κ2) is 6.78. The molecule has 1 N–H and O–H groups in total. The molecule has 2 aromatic carbocycles. The number of anilines is 1. The summed E-state index contributed by atoms with van der Waals surface area (Å²) in [6.07, 6.45) is 0. The maximum atomic E-state index is 10.9. The summed E-state index contributed by atoms with van der Waals surface area (Å²) in [5.41, 5.74) is 1.32. The Labute approximate surface area is 135 Å². The first-order chi connectivity index (χ1) is 10.0. The summed E-state index contributed by atoms with van der Waals surface area (Å²) in [4.78, 5) is 10.4. The van der Waals surface area contributed by atoms with Crippen LogP contribution < -0.4 is 10.1 Å². The van der Waals surface area contributed by atoms with Crippen LogP contribution in [0.1, 0.15) is 5.56 Å². The minimum absolute atomic E-state index is 0.0360. The Hall–Kier alpha value is -1.79. The summed E-state index contributed by atoms with van der Waals surface area (Å²) >= 11 is 9.23. The lowest BCUT2D eigenvalue weighted by molar-refractivity contribution is -0.384. The summed E-state index contributed by atoms with van der Waals surface area (Å²) < 4.78 is 6.43. The van der Waals surface area contributed by atoms with E-state index < -0.39 is 4.92 Å². The molecule has 0 unspecified atom stereocenters. The van der Waals surface area contributed by atoms with Crippen LogP contribution >= 0.6 is 27.5 Å². The molecule has 0 radical (unpaired) electrons. The van der Waals surface area contributed by atoms with Crippen molar-refractivity contribution in [1.29, 1.82) is 0 Å². The fourth-order valence-electron chi connectivity index (χ4n) is 1.79. The molecule has 7 heteroatoms. The summed E-state index contributed by atoms with van der Waals surface area (Å²) in [6, 6.07) is 10.1. The van der Waals surface area contributed by atoms with Crippen molar-refractivity contribution in [1.82, 2.24) is 0 Å². The highest BCUT2D eigenvalue weighted by molar-refractivity contribution is 9.10. The van der Waals surface area contributed by atoms with Gasteiger partial charge >= 0.3 is 0 Å². The molecular formula is C14H12BrClN2O3. The van der Waals surface area contributed by atoms with Gasteiger partial charge < -0.3 is 10.1 Å². The molecule has 0 heterocycles. The van der Waals surface area contributed by atoms with Crippen molar-refractivity contribution in [2.24, 2.45) is 0 Å². The van der Waals surface area contributed by atoms with E-state index in [2.05, 4.69) is 21.2 Å². The van der Waals surface area contributed by atoms with Crippen LogP contribution in [0.3, 0.4) is 0 Å². The number of ether oxygens (including phenoxy) is 1. The number of rotatable bonds is 5. The minimum atomic E-state index is -0.424. The van der Waals surface area contributed by atoms with Gasteiger partial charge in [0.2, 0.25) is 0 Å². The molecule has 0 aliphatic carbocycles. The standard InChI is InChI=1S/C14H12BrClN2O3/c1-17-12-6-9(2-4-13(12)18(19)20)8-21-14-5-3-10(16)7-11(14)15/h2-7,17H,8H2,1H3. The van der Waals surface area contributed by atoms with E-state index in [4.69, 9.17) is 16.3 Å². The van der Waals surface area contributed by atoms with Crippen molar-refractivity contribution in [3.8, 4) is 5.75 Å². The zero-order chi connectivity index (χ0) is 15.4. The molecule has 0 saturated heterocycles. The van der Waals surface area contributed by atoms with E-state index in [-0.39, 0.29) is 5.69 Å². The normalized spacial score (nSPS) is 10.2. The van der Waals surface area contributed by atoms with E-state index in [0.717, 1.165) is 10.0 Å². The van der Waals surface area contributed by atoms with Gasteiger partial charge in [0, 0.05) is 18.1 Å². The smallest absolute Gasteiger partial charge is 0.292 e. The van der Waals surface area contributed by atoms with Crippen molar-refractivity contribution < 1.29 is 9.66 Å². The molecular weight excluding hydrogens is 360 g/mol. The summed E-state index contributed by atoms with van der Waals surface area (Å²) in [6.45, 7) is 0.299. The number of nitrogens with one attached hydrogen (secondary N) is 1. The lowest BCUT2D eigenvalue weighted by Crippen LogP contribution is -2.00. The Morgan fingerprint density at radius 2 is 2.10 bits per heavy atom. The van der Waals surface area contributed by atoms with Crippen molar-refractivity contribution in [3.63, 3.8) is 0 Å². The molecule has 0 aliphatic rings. The molecule has 0 aromatic heterocycles. The van der Waals surface area contributed by atoms with Gasteiger partial charge in [-0.25, -0.2) is 0 Å². The number of halogens is 2. The maximum absolute atomic E-state index is 10.9. The quantitative estimate of drug-likeness (QED) is 0.614. The van der Waals surface area contributed by atoms with Crippen LogP contribution in [0.5, 0.6) is 5.75 Å². The average molecular weight is 372 g/mol. The highest BCUT2D eigenvalue weighted by Gasteiger charge is 2.13. The maximum Gasteiger partial charge on any atom is 0.292 e. The largest absolute Gasteiger partial charge is 0.488 e. The summed E-state index contributed by atoms with van der Waals surface area (Å²) in [7, 11) is 1.64. The van der Waals surface area contributed by atoms with Gasteiger partial charge in [0.25, 0.3) is 5.69 Å². The molecule has 0 amide bonds. The van der Waals surface area contributed by atoms with Crippen LogP contribution in [0, 0.1) is 10.1 Å². The van der Waals surface area contributed by atoms with Crippen LogP contribution in [-0.2, 0) is 6.61 Å². The molecule has 0 fully saturated rings. The Morgan fingerprint density at radius 3 is 2.71 bits per heavy atom. The van der Waals surface area contributed by atoms with Gasteiger partial charge in [0.05, 0.1) is 9.40 Å². The zero-order valence-corrected chi connectivity index (χ0v) is 13.4. The van der Waals surface area contributed by atoms with Crippen molar-refractivity contribution in [2.45, 2.75) is 6.61 Å². The molecule has 110 valence electrons. The fourth-order valence-corrected chi connectivity index (χ4v) is 2.58. The number of hydrogen-bond acceptors (Lipinski definition) is 4. The van der Waals surface area contributed by atoms with Gasteiger partial charge in [-0.15, -0.1) is 0 Å². The van der Waals surface area contributed by atoms with E-state index >= 15 is 0 Å². The van der Waals surface area contributed by atoms with E-state index in [9.17, 15) is 10.1 Å². The molecule has 0 spiro atoms. The number of nitro benzene ring substituents is 1. The fraction of sp³-hybridized carbons (Fsp3) is 0.143. The van der Waals surface area contributed by atoms with Crippen molar-refractivity contribution in [2.75, 3.05) is 12.4 Å². The van der Waals surface area contributed by atoms with Crippen LogP contribution in [0.25, 0.3) is 0 Å². The predicted molar refractivity (Wildman–Crippen MR) is 86.1 cm³/mol. The predicted octanol–water partition coefficient (Wildman–Crippen LogP) is 4.63. The Bertz CT molecular complexity index is 679. The van der Waals surface area contributed by atoms with Gasteiger partial charge in [-0.05, 0) is 51.8 Å². The topological polar surface area (TPSA) is 64.4 Å². The summed E-state index contributed by atoms with van der Waals surface area (Å²) in [5, 5.41) is 14.3. The molecule has 0 saturated carbocycles. The Morgan fingerprint density at radius 1 is 1.33 bits per heavy atom. The van der Waals surface area contributed by atoms with E-state index in [1.165, 1.54) is 6.07 Å². The van der Waals surface area contributed by atoms with E-state index in [1.807, 2.05) is 0 Å². The van der Waals surface area contributed by atoms with Gasteiger partial charge in [-0.3, -0.25) is 10.1 Å². The van der Waals surface area contributed by atoms with Gasteiger partial charge in [0.15, 0.2) is 0 Å². The van der Waals surface area contributed by atoms with Gasteiger partial charge in [0.1, 0.15) is 18.0 Å². The van der Waals surface area contributed by atoms with E-state index in [1.54, 1.807) is 37.4 Å². The van der Waals surface area contributed by atoms with Gasteiger partial charge in [-0.1, -0.05) is 11.6 Å². The highest BCUT2D eigenvalue weighted by atomic mass is 79.9. The van der Waals surface area contributed by atoms with Crippen molar-refractivity contribution in [3.05, 3.63) is 61.6 Å². The molecule has 0 bridgehead atoms. The van der Waals surface area contributed by atoms with Crippen LogP contribution in [0.15, 0.2) is 40.9 Å². The first-order valence-electron chi connectivity index (χ1n) is 6.04. The Kier molecular flexibility index (Phi) is 5.03.